The average Bonchev–Trinajstić information content (AvgIpc) is 2.32. The molecule has 0 aliphatic heterocycles. The summed E-state index contributed by atoms with van der Waals surface area (Å²) in [5.74, 6) is -0.573. The number of nitrogens with one attached hydrogen (secondary N) is 1. The highest BCUT2D eigenvalue weighted by Gasteiger charge is 2.12. The Balaban J connectivity index is 2.82. The van der Waals surface area contributed by atoms with Crippen molar-refractivity contribution in [1.29, 1.82) is 0 Å². The second-order valence-corrected chi connectivity index (χ2v) is 4.04. The predicted octanol–water partition coefficient (Wildman–Crippen LogP) is 2.28. The van der Waals surface area contributed by atoms with Gasteiger partial charge in [0, 0.05) is 16.5 Å². The second-order valence-electron chi connectivity index (χ2n) is 3.63. The van der Waals surface area contributed by atoms with E-state index in [1.54, 1.807) is 19.1 Å². The number of H-pyrrole nitrogens is 1. The van der Waals surface area contributed by atoms with Gasteiger partial charge in [-0.15, -0.1) is 0 Å². The Hall–Kier alpha value is -1.81. The van der Waals surface area contributed by atoms with Crippen molar-refractivity contribution in [1.82, 2.24) is 4.98 Å². The summed E-state index contributed by atoms with van der Waals surface area (Å²) in [6.07, 6.45) is 0. The largest absolute Gasteiger partial charge is 0.464 e. The van der Waals surface area contributed by atoms with Gasteiger partial charge in [0.05, 0.1) is 12.6 Å². The predicted molar refractivity (Wildman–Crippen MR) is 65.7 cm³/mol. The molecule has 0 radical (unpaired) electrons. The van der Waals surface area contributed by atoms with Crippen LogP contribution in [0, 0.1) is 6.92 Å². The number of carbonyl (C=O) groups is 1. The normalized spacial score (nSPS) is 10.5. The molecule has 0 unspecified atom stereocenters. The van der Waals surface area contributed by atoms with Crippen LogP contribution in [-0.2, 0) is 4.74 Å². The first-order valence-corrected chi connectivity index (χ1v) is 5.33. The van der Waals surface area contributed by atoms with Gasteiger partial charge in [-0.2, -0.15) is 0 Å². The Morgan fingerprint density at radius 2 is 2.12 bits per heavy atom. The molecule has 1 N–H and O–H groups in total. The number of fused-ring (bicyclic) bond motifs is 1. The zero-order valence-electron chi connectivity index (χ0n) is 9.33. The van der Waals surface area contributed by atoms with Crippen LogP contribution in [0.15, 0.2) is 23.0 Å². The quantitative estimate of drug-likeness (QED) is 0.791. The van der Waals surface area contributed by atoms with Gasteiger partial charge in [-0.25, -0.2) is 4.79 Å². The minimum Gasteiger partial charge on any atom is -0.464 e. The lowest BCUT2D eigenvalue weighted by Crippen LogP contribution is -2.12. The molecule has 1 aromatic carbocycles. The maximum absolute atomic E-state index is 11.9. The molecule has 0 atom stereocenters. The Morgan fingerprint density at radius 3 is 2.76 bits per heavy atom. The highest BCUT2D eigenvalue weighted by Crippen LogP contribution is 2.21. The van der Waals surface area contributed by atoms with Crippen molar-refractivity contribution in [3.05, 3.63) is 44.7 Å². The number of halogens is 1. The third kappa shape index (κ3) is 1.91. The van der Waals surface area contributed by atoms with Crippen molar-refractivity contribution in [2.75, 3.05) is 7.11 Å². The molecule has 4 nitrogen and oxygen atoms in total. The molecule has 0 spiro atoms. The van der Waals surface area contributed by atoms with Crippen LogP contribution in [0.1, 0.15) is 16.1 Å². The fourth-order valence-corrected chi connectivity index (χ4v) is 1.87. The molecule has 2 rings (SSSR count). The van der Waals surface area contributed by atoms with E-state index in [9.17, 15) is 9.59 Å². The molecule has 5 heteroatoms. The number of aromatic nitrogens is 1. The molecular formula is C12H10ClNO3. The van der Waals surface area contributed by atoms with Crippen molar-refractivity contribution in [2.24, 2.45) is 0 Å². The third-order valence-electron chi connectivity index (χ3n) is 2.60. The summed E-state index contributed by atoms with van der Waals surface area (Å²) in [6.45, 7) is 1.76. The molecule has 0 saturated heterocycles. The van der Waals surface area contributed by atoms with Gasteiger partial charge >= 0.3 is 5.97 Å². The van der Waals surface area contributed by atoms with E-state index in [1.165, 1.54) is 13.2 Å². The van der Waals surface area contributed by atoms with Crippen LogP contribution >= 0.6 is 11.6 Å². The van der Waals surface area contributed by atoms with E-state index in [1.807, 2.05) is 0 Å². The van der Waals surface area contributed by atoms with Crippen LogP contribution in [-0.4, -0.2) is 18.1 Å². The lowest BCUT2D eigenvalue weighted by Gasteiger charge is -2.06. The van der Waals surface area contributed by atoms with Gasteiger partial charge in [0.1, 0.15) is 5.69 Å². The molecule has 17 heavy (non-hydrogen) atoms. The van der Waals surface area contributed by atoms with Crippen LogP contribution in [0.2, 0.25) is 5.02 Å². The molecule has 0 aliphatic carbocycles. The van der Waals surface area contributed by atoms with Crippen LogP contribution in [0.4, 0.5) is 0 Å². The molecule has 1 heterocycles. The standard InChI is InChI=1S/C12H10ClNO3/c1-6-7(13)3-4-8-11(6)10(15)5-9(14-8)12(16)17-2/h3-5H,1-2H3,(H,14,15). The van der Waals surface area contributed by atoms with Gasteiger partial charge in [0.15, 0.2) is 5.43 Å². The second kappa shape index (κ2) is 4.22. The van der Waals surface area contributed by atoms with Gasteiger partial charge in [-0.1, -0.05) is 11.6 Å². The summed E-state index contributed by atoms with van der Waals surface area (Å²) in [4.78, 5) is 26.1. The molecule has 2 aromatic rings. The molecule has 0 bridgehead atoms. The monoisotopic (exact) mass is 251 g/mol. The van der Waals surface area contributed by atoms with E-state index in [0.717, 1.165) is 0 Å². The van der Waals surface area contributed by atoms with Crippen molar-refractivity contribution >= 4 is 28.5 Å². The first kappa shape index (κ1) is 11.7. The summed E-state index contributed by atoms with van der Waals surface area (Å²) in [5.41, 5.74) is 1.15. The average molecular weight is 252 g/mol. The van der Waals surface area contributed by atoms with E-state index in [0.29, 0.717) is 21.5 Å². The van der Waals surface area contributed by atoms with Crippen molar-refractivity contribution in [3.8, 4) is 0 Å². The number of pyridine rings is 1. The van der Waals surface area contributed by atoms with E-state index in [2.05, 4.69) is 9.72 Å². The van der Waals surface area contributed by atoms with Crippen LogP contribution < -0.4 is 5.43 Å². The number of hydrogen-bond donors (Lipinski definition) is 1. The maximum Gasteiger partial charge on any atom is 0.354 e. The Kier molecular flexibility index (Phi) is 2.90. The van der Waals surface area contributed by atoms with Crippen molar-refractivity contribution in [3.63, 3.8) is 0 Å². The highest BCUT2D eigenvalue weighted by molar-refractivity contribution is 6.32. The van der Waals surface area contributed by atoms with Crippen LogP contribution in [0.5, 0.6) is 0 Å². The Labute approximate surface area is 102 Å². The molecular weight excluding hydrogens is 242 g/mol. The molecule has 0 amide bonds. The zero-order valence-corrected chi connectivity index (χ0v) is 10.1. The van der Waals surface area contributed by atoms with Crippen LogP contribution in [0.25, 0.3) is 10.9 Å². The molecule has 88 valence electrons. The van der Waals surface area contributed by atoms with E-state index >= 15 is 0 Å². The zero-order chi connectivity index (χ0) is 12.6. The van der Waals surface area contributed by atoms with Crippen molar-refractivity contribution in [2.45, 2.75) is 6.92 Å². The minimum atomic E-state index is -0.573. The fourth-order valence-electron chi connectivity index (χ4n) is 1.71. The van der Waals surface area contributed by atoms with Gasteiger partial charge in [-0.05, 0) is 24.6 Å². The Bertz CT molecular complexity index is 661. The number of ether oxygens (including phenoxy) is 1. The lowest BCUT2D eigenvalue weighted by atomic mass is 10.1. The smallest absolute Gasteiger partial charge is 0.354 e. The highest BCUT2D eigenvalue weighted by atomic mass is 35.5. The van der Waals surface area contributed by atoms with Crippen LogP contribution in [0.3, 0.4) is 0 Å². The lowest BCUT2D eigenvalue weighted by molar-refractivity contribution is 0.0594. The van der Waals surface area contributed by atoms with Gasteiger partial charge in [0.25, 0.3) is 0 Å². The number of rotatable bonds is 1. The third-order valence-corrected chi connectivity index (χ3v) is 3.00. The summed E-state index contributed by atoms with van der Waals surface area (Å²) in [5, 5.41) is 1.01. The summed E-state index contributed by atoms with van der Waals surface area (Å²) >= 11 is 5.94. The topological polar surface area (TPSA) is 59.2 Å². The van der Waals surface area contributed by atoms with E-state index < -0.39 is 5.97 Å². The summed E-state index contributed by atoms with van der Waals surface area (Å²) in [6, 6.07) is 4.56. The molecule has 0 saturated carbocycles. The summed E-state index contributed by atoms with van der Waals surface area (Å²) in [7, 11) is 1.26. The fraction of sp³-hybridized carbons (Fsp3) is 0.167. The minimum absolute atomic E-state index is 0.131. The number of aromatic amines is 1. The van der Waals surface area contributed by atoms with Gasteiger partial charge in [-0.3, -0.25) is 4.79 Å². The van der Waals surface area contributed by atoms with Crippen molar-refractivity contribution < 1.29 is 9.53 Å². The number of aryl methyl sites for hydroxylation is 1. The molecule has 0 fully saturated rings. The number of esters is 1. The molecule has 1 aromatic heterocycles. The first-order valence-electron chi connectivity index (χ1n) is 4.95. The number of carbonyl (C=O) groups excluding carboxylic acids is 1. The number of methoxy groups -OCH3 is 1. The van der Waals surface area contributed by atoms with E-state index in [4.69, 9.17) is 11.6 Å². The first-order chi connectivity index (χ1) is 8.04. The van der Waals surface area contributed by atoms with Gasteiger partial charge < -0.3 is 9.72 Å². The Morgan fingerprint density at radius 1 is 1.41 bits per heavy atom. The SMILES string of the molecule is COC(=O)c1cc(=O)c2c(C)c(Cl)ccc2[nH]1. The maximum atomic E-state index is 11.9. The molecule has 0 aliphatic rings. The van der Waals surface area contributed by atoms with E-state index in [-0.39, 0.29) is 11.1 Å². The number of hydrogen-bond acceptors (Lipinski definition) is 3. The summed E-state index contributed by atoms with van der Waals surface area (Å²) < 4.78 is 4.56. The number of benzene rings is 1. The van der Waals surface area contributed by atoms with Gasteiger partial charge in [0.2, 0.25) is 0 Å².